The first kappa shape index (κ1) is 28.2. The first-order valence-corrected chi connectivity index (χ1v) is 13.7. The molecule has 7 atom stereocenters. The molecule has 0 radical (unpaired) electrons. The molecular formula is C26H35N3O8S. The van der Waals surface area contributed by atoms with Crippen molar-refractivity contribution in [3.8, 4) is 0 Å². The van der Waals surface area contributed by atoms with E-state index in [1.54, 1.807) is 11.8 Å². The molecule has 0 saturated carbocycles. The lowest BCUT2D eigenvalue weighted by atomic mass is 9.79. The molecule has 12 heteroatoms. The first-order valence-electron chi connectivity index (χ1n) is 12.8. The Kier molecular flexibility index (Phi) is 8.53. The van der Waals surface area contributed by atoms with Crippen LogP contribution in [0.15, 0.2) is 35.9 Å². The Morgan fingerprint density at radius 1 is 1.18 bits per heavy atom. The first-order chi connectivity index (χ1) is 18.1. The number of carbonyl (C=O) groups is 4. The van der Waals surface area contributed by atoms with E-state index in [4.69, 9.17) is 9.47 Å². The van der Waals surface area contributed by atoms with Crippen molar-refractivity contribution in [1.82, 2.24) is 14.7 Å². The summed E-state index contributed by atoms with van der Waals surface area (Å²) in [5.74, 6) is -2.13. The Balaban J connectivity index is 1.59. The minimum absolute atomic E-state index is 0.00253. The fourth-order valence-electron chi connectivity index (χ4n) is 5.74. The van der Waals surface area contributed by atoms with Crippen LogP contribution in [0.1, 0.15) is 26.7 Å². The molecule has 0 spiro atoms. The number of esters is 1. The summed E-state index contributed by atoms with van der Waals surface area (Å²) in [6, 6.07) is -1.16. The molecule has 2 N–H and O–H groups in total. The number of amides is 3. The largest absolute Gasteiger partial charge is 0.457 e. The van der Waals surface area contributed by atoms with Gasteiger partial charge in [0.15, 0.2) is 0 Å². The number of likely N-dealkylation sites (tertiary alicyclic amines) is 2. The highest BCUT2D eigenvalue weighted by atomic mass is 32.2. The highest BCUT2D eigenvalue weighted by Gasteiger charge is 2.60. The van der Waals surface area contributed by atoms with Gasteiger partial charge in [-0.2, -0.15) is 0 Å². The number of ether oxygens (including phenoxy) is 2. The molecule has 38 heavy (non-hydrogen) atoms. The molecule has 0 aromatic heterocycles. The van der Waals surface area contributed by atoms with Gasteiger partial charge in [-0.25, -0.2) is 9.59 Å². The van der Waals surface area contributed by atoms with Crippen LogP contribution < -0.4 is 0 Å². The Morgan fingerprint density at radius 3 is 2.47 bits per heavy atom. The molecule has 3 saturated heterocycles. The number of aliphatic hydroxyl groups is 2. The van der Waals surface area contributed by atoms with Crippen LogP contribution in [0.4, 0.5) is 4.79 Å². The van der Waals surface area contributed by atoms with Crippen molar-refractivity contribution in [3.63, 3.8) is 0 Å². The van der Waals surface area contributed by atoms with E-state index in [2.05, 4.69) is 13.2 Å². The van der Waals surface area contributed by atoms with E-state index in [-0.39, 0.29) is 61.0 Å². The predicted octanol–water partition coefficient (Wildman–Crippen LogP) is 0.877. The number of nitrogens with zero attached hydrogens (tertiary/aromatic N) is 3. The van der Waals surface area contributed by atoms with Crippen LogP contribution in [0.3, 0.4) is 0 Å². The molecule has 4 heterocycles. The summed E-state index contributed by atoms with van der Waals surface area (Å²) in [6.07, 6.45) is 1.56. The fraction of sp³-hybridized carbons (Fsp3) is 0.615. The number of β-lactam (4-membered cyclic amide) rings is 1. The zero-order chi connectivity index (χ0) is 27.7. The monoisotopic (exact) mass is 549 g/mol. The van der Waals surface area contributed by atoms with Gasteiger partial charge in [-0.1, -0.05) is 32.2 Å². The molecule has 3 fully saturated rings. The summed E-state index contributed by atoms with van der Waals surface area (Å²) in [6.45, 7) is 11.4. The van der Waals surface area contributed by atoms with E-state index in [0.29, 0.717) is 24.3 Å². The maximum absolute atomic E-state index is 13.4. The van der Waals surface area contributed by atoms with Crippen molar-refractivity contribution in [2.75, 3.05) is 32.8 Å². The average Bonchev–Trinajstić information content (AvgIpc) is 3.56. The minimum Gasteiger partial charge on any atom is -0.457 e. The summed E-state index contributed by atoms with van der Waals surface area (Å²) in [7, 11) is 0. The average molecular weight is 550 g/mol. The quantitative estimate of drug-likeness (QED) is 0.244. The number of fused-ring (bicyclic) bond motifs is 1. The molecule has 3 amide bonds. The van der Waals surface area contributed by atoms with Gasteiger partial charge in [0, 0.05) is 35.7 Å². The standard InChI is InChI=1S/C26H35N3O8S/c1-5-9-36-25(34)21-22(14(3)20-19(15(4)30)24(33)29(20)21)38-17-11-18(23(32)27-8-7-16(31)12-27)28(13-17)26(35)37-10-6-2/h5-6,14-20,30-31H,1-2,7-13H2,3-4H3/t14-,15-,16?,17+,18+,19-,20-/m1/s1. The molecule has 4 aliphatic heterocycles. The third-order valence-corrected chi connectivity index (χ3v) is 9.00. The van der Waals surface area contributed by atoms with Crippen LogP contribution in [-0.2, 0) is 23.9 Å². The maximum atomic E-state index is 13.4. The van der Waals surface area contributed by atoms with Crippen molar-refractivity contribution >= 4 is 35.6 Å². The van der Waals surface area contributed by atoms with Crippen LogP contribution in [0.2, 0.25) is 0 Å². The summed E-state index contributed by atoms with van der Waals surface area (Å²) >= 11 is 1.35. The van der Waals surface area contributed by atoms with Gasteiger partial charge in [0.2, 0.25) is 11.8 Å². The van der Waals surface area contributed by atoms with Crippen LogP contribution in [-0.4, -0.2) is 111 Å². The second kappa shape index (κ2) is 11.5. The van der Waals surface area contributed by atoms with Gasteiger partial charge in [0.05, 0.1) is 24.2 Å². The second-order valence-corrected chi connectivity index (χ2v) is 11.4. The summed E-state index contributed by atoms with van der Waals surface area (Å²) in [5, 5.41) is 19.8. The number of hydrogen-bond acceptors (Lipinski definition) is 9. The van der Waals surface area contributed by atoms with Crippen molar-refractivity contribution in [3.05, 3.63) is 35.9 Å². The van der Waals surface area contributed by atoms with Gasteiger partial charge in [-0.15, -0.1) is 11.8 Å². The number of rotatable bonds is 9. The van der Waals surface area contributed by atoms with Crippen molar-refractivity contribution in [2.45, 2.75) is 56.2 Å². The Hall–Kier alpha value is -2.83. The zero-order valence-electron chi connectivity index (χ0n) is 21.7. The SMILES string of the molecule is C=CCOC(=O)C1=C(S[C@H]2C[C@@H](C(=O)N3CCC(O)C3)N(C(=O)OCC=C)C2)[C@H](C)[C@@H]2[C@@H]([C@@H](C)O)C(=O)N12. The van der Waals surface area contributed by atoms with E-state index in [1.165, 1.54) is 33.7 Å². The van der Waals surface area contributed by atoms with Crippen LogP contribution in [0, 0.1) is 11.8 Å². The molecule has 1 unspecified atom stereocenters. The lowest BCUT2D eigenvalue weighted by Crippen LogP contribution is -2.63. The third kappa shape index (κ3) is 5.08. The number of carbonyl (C=O) groups excluding carboxylic acids is 4. The number of aliphatic hydroxyl groups excluding tert-OH is 2. The van der Waals surface area contributed by atoms with Crippen LogP contribution in [0.25, 0.3) is 0 Å². The summed E-state index contributed by atoms with van der Waals surface area (Å²) in [4.78, 5) is 57.2. The van der Waals surface area contributed by atoms with E-state index < -0.39 is 36.2 Å². The summed E-state index contributed by atoms with van der Waals surface area (Å²) < 4.78 is 10.5. The van der Waals surface area contributed by atoms with Crippen molar-refractivity contribution in [2.24, 2.45) is 11.8 Å². The third-order valence-electron chi connectivity index (χ3n) is 7.51. The van der Waals surface area contributed by atoms with E-state index in [9.17, 15) is 29.4 Å². The lowest BCUT2D eigenvalue weighted by molar-refractivity contribution is -0.164. The Labute approximate surface area is 226 Å². The topological polar surface area (TPSA) is 137 Å². The molecule has 0 bridgehead atoms. The highest BCUT2D eigenvalue weighted by molar-refractivity contribution is 8.03. The van der Waals surface area contributed by atoms with Gasteiger partial charge in [0.25, 0.3) is 0 Å². The number of thioether (sulfide) groups is 1. The molecular weight excluding hydrogens is 514 g/mol. The van der Waals surface area contributed by atoms with Crippen molar-refractivity contribution < 1.29 is 38.9 Å². The maximum Gasteiger partial charge on any atom is 0.410 e. The van der Waals surface area contributed by atoms with Crippen LogP contribution in [0.5, 0.6) is 0 Å². The van der Waals surface area contributed by atoms with Gasteiger partial charge in [0.1, 0.15) is 25.0 Å². The molecule has 208 valence electrons. The molecule has 4 rings (SSSR count). The van der Waals surface area contributed by atoms with Gasteiger partial charge in [-0.05, 0) is 19.8 Å². The molecule has 4 aliphatic rings. The summed E-state index contributed by atoms with van der Waals surface area (Å²) in [5.41, 5.74) is 0.148. The Morgan fingerprint density at radius 2 is 1.87 bits per heavy atom. The Bertz CT molecular complexity index is 1050. The normalized spacial score (nSPS) is 31.2. The van der Waals surface area contributed by atoms with E-state index in [1.807, 2.05) is 6.92 Å². The van der Waals surface area contributed by atoms with E-state index in [0.717, 1.165) is 0 Å². The van der Waals surface area contributed by atoms with Gasteiger partial charge < -0.3 is 29.5 Å². The number of β-amino-alcohol motifs (C(OH)–C–C–N with tert-alkyl or cyclic N) is 1. The van der Waals surface area contributed by atoms with Crippen LogP contribution >= 0.6 is 11.8 Å². The smallest absolute Gasteiger partial charge is 0.410 e. The lowest BCUT2D eigenvalue weighted by Gasteiger charge is -2.46. The highest BCUT2D eigenvalue weighted by Crippen LogP contribution is 2.52. The predicted molar refractivity (Wildman–Crippen MR) is 138 cm³/mol. The zero-order valence-corrected chi connectivity index (χ0v) is 22.5. The molecule has 0 aromatic rings. The van der Waals surface area contributed by atoms with Crippen molar-refractivity contribution in [1.29, 1.82) is 0 Å². The van der Waals surface area contributed by atoms with Gasteiger partial charge in [-0.3, -0.25) is 14.5 Å². The molecule has 11 nitrogen and oxygen atoms in total. The molecule has 0 aromatic carbocycles. The van der Waals surface area contributed by atoms with Gasteiger partial charge >= 0.3 is 12.1 Å². The van der Waals surface area contributed by atoms with E-state index >= 15 is 0 Å². The second-order valence-electron chi connectivity index (χ2n) is 10.1. The minimum atomic E-state index is -0.875. The molecule has 0 aliphatic carbocycles. The number of hydrogen-bond donors (Lipinski definition) is 2. The fourth-order valence-corrected chi connectivity index (χ4v) is 7.26.